The summed E-state index contributed by atoms with van der Waals surface area (Å²) in [4.78, 5) is 8.81. The number of aromatic nitrogens is 2. The molecule has 0 radical (unpaired) electrons. The molecule has 0 aliphatic carbocycles. The number of nitrogens with zero attached hydrogens (tertiary/aromatic N) is 2. The minimum Gasteiger partial charge on any atom is -0.367 e. The van der Waals surface area contributed by atoms with Crippen molar-refractivity contribution < 1.29 is 4.74 Å². The highest BCUT2D eigenvalue weighted by Crippen LogP contribution is 2.38. The summed E-state index contributed by atoms with van der Waals surface area (Å²) in [5.74, 6) is 0.692. The zero-order valence-corrected chi connectivity index (χ0v) is 12.2. The molecule has 1 fully saturated rings. The second-order valence-corrected chi connectivity index (χ2v) is 6.33. The van der Waals surface area contributed by atoms with Crippen LogP contribution in [0.15, 0.2) is 6.20 Å². The first kappa shape index (κ1) is 13.3. The predicted molar refractivity (Wildman–Crippen MR) is 72.8 cm³/mol. The molecule has 4 nitrogen and oxygen atoms in total. The van der Waals surface area contributed by atoms with Crippen LogP contribution in [0.2, 0.25) is 0 Å². The number of hydrogen-bond acceptors (Lipinski definition) is 4. The summed E-state index contributed by atoms with van der Waals surface area (Å²) < 4.78 is 6.06. The van der Waals surface area contributed by atoms with E-state index >= 15 is 0 Å². The summed E-state index contributed by atoms with van der Waals surface area (Å²) in [6.45, 7) is 12.5. The topological polar surface area (TPSA) is 47.0 Å². The van der Waals surface area contributed by atoms with Gasteiger partial charge in [0.15, 0.2) is 0 Å². The predicted octanol–water partition coefficient (Wildman–Crippen LogP) is 2.85. The van der Waals surface area contributed by atoms with Crippen molar-refractivity contribution in [2.45, 2.75) is 65.2 Å². The second-order valence-electron chi connectivity index (χ2n) is 6.33. The summed E-state index contributed by atoms with van der Waals surface area (Å²) in [6.07, 6.45) is 2.81. The van der Waals surface area contributed by atoms with E-state index < -0.39 is 0 Å². The Morgan fingerprint density at radius 3 is 2.44 bits per heavy atom. The highest BCUT2D eigenvalue weighted by atomic mass is 16.5. The Morgan fingerprint density at radius 1 is 1.28 bits per heavy atom. The van der Waals surface area contributed by atoms with E-state index in [1.807, 2.05) is 20.0 Å². The van der Waals surface area contributed by atoms with Crippen LogP contribution in [-0.4, -0.2) is 27.2 Å². The van der Waals surface area contributed by atoms with E-state index in [4.69, 9.17) is 4.74 Å². The van der Waals surface area contributed by atoms with E-state index in [1.165, 1.54) is 0 Å². The summed E-state index contributed by atoms with van der Waals surface area (Å²) >= 11 is 0. The van der Waals surface area contributed by atoms with E-state index in [-0.39, 0.29) is 17.2 Å². The normalized spacial score (nSPS) is 25.1. The molecule has 1 atom stereocenters. The summed E-state index contributed by atoms with van der Waals surface area (Å²) in [5.41, 5.74) is 1.83. The fourth-order valence-corrected chi connectivity index (χ4v) is 2.54. The molecule has 1 aliphatic heterocycles. The van der Waals surface area contributed by atoms with Crippen molar-refractivity contribution in [3.63, 3.8) is 0 Å². The monoisotopic (exact) mass is 249 g/mol. The van der Waals surface area contributed by atoms with Crippen LogP contribution in [-0.2, 0) is 4.74 Å². The quantitative estimate of drug-likeness (QED) is 0.875. The Hall–Kier alpha value is -1.16. The molecule has 1 unspecified atom stereocenters. The fourth-order valence-electron chi connectivity index (χ4n) is 2.54. The Labute approximate surface area is 109 Å². The van der Waals surface area contributed by atoms with Crippen LogP contribution >= 0.6 is 0 Å². The molecule has 1 aromatic heterocycles. The van der Waals surface area contributed by atoms with Crippen molar-refractivity contribution in [1.82, 2.24) is 9.97 Å². The van der Waals surface area contributed by atoms with E-state index in [2.05, 4.69) is 43.0 Å². The van der Waals surface area contributed by atoms with Gasteiger partial charge in [0, 0.05) is 11.9 Å². The van der Waals surface area contributed by atoms with Gasteiger partial charge in [-0.05, 0) is 53.5 Å². The smallest absolute Gasteiger partial charge is 0.223 e. The minimum absolute atomic E-state index is 0.0963. The molecule has 0 amide bonds. The molecule has 4 heteroatoms. The largest absolute Gasteiger partial charge is 0.367 e. The van der Waals surface area contributed by atoms with Gasteiger partial charge >= 0.3 is 0 Å². The Bertz CT molecular complexity index is 454. The number of ether oxygens (including phenoxy) is 1. The highest BCUT2D eigenvalue weighted by molar-refractivity contribution is 5.31. The zero-order chi connectivity index (χ0) is 13.6. The molecule has 1 saturated heterocycles. The first-order chi connectivity index (χ1) is 8.20. The van der Waals surface area contributed by atoms with Crippen LogP contribution in [0.25, 0.3) is 0 Å². The molecule has 2 heterocycles. The van der Waals surface area contributed by atoms with Crippen LogP contribution in [0.4, 0.5) is 5.95 Å². The molecule has 0 spiro atoms. The first-order valence-electron chi connectivity index (χ1n) is 6.47. The Balaban J connectivity index is 2.16. The third-order valence-corrected chi connectivity index (χ3v) is 3.60. The fraction of sp³-hybridized carbons (Fsp3) is 0.714. The second kappa shape index (κ2) is 4.19. The van der Waals surface area contributed by atoms with Crippen molar-refractivity contribution in [2.75, 3.05) is 5.32 Å². The molecular formula is C14H23N3O. The lowest BCUT2D eigenvalue weighted by molar-refractivity contribution is -0.0663. The highest BCUT2D eigenvalue weighted by Gasteiger charge is 2.46. The molecule has 2 rings (SSSR count). The van der Waals surface area contributed by atoms with Gasteiger partial charge in [0.1, 0.15) is 0 Å². The lowest BCUT2D eigenvalue weighted by Crippen LogP contribution is -2.38. The van der Waals surface area contributed by atoms with E-state index in [1.54, 1.807) is 0 Å². The maximum atomic E-state index is 6.06. The molecule has 100 valence electrons. The van der Waals surface area contributed by atoms with Crippen molar-refractivity contribution in [1.29, 1.82) is 0 Å². The molecule has 0 bridgehead atoms. The number of aryl methyl sites for hydroxylation is 2. The van der Waals surface area contributed by atoms with Crippen molar-refractivity contribution in [3.8, 4) is 0 Å². The number of anilines is 1. The van der Waals surface area contributed by atoms with Crippen LogP contribution < -0.4 is 5.32 Å². The minimum atomic E-state index is -0.203. The number of hydrogen-bond donors (Lipinski definition) is 1. The lowest BCUT2D eigenvalue weighted by Gasteiger charge is -2.27. The maximum absolute atomic E-state index is 6.06. The SMILES string of the molecule is Cc1cnc(NC2CC(C)(C)OC2(C)C)nc1C. The van der Waals surface area contributed by atoms with Crippen molar-refractivity contribution >= 4 is 5.95 Å². The van der Waals surface area contributed by atoms with Gasteiger partial charge in [0.25, 0.3) is 0 Å². The molecule has 1 aromatic rings. The zero-order valence-electron chi connectivity index (χ0n) is 12.2. The van der Waals surface area contributed by atoms with Gasteiger partial charge in [-0.3, -0.25) is 0 Å². The standard InChI is InChI=1S/C14H23N3O/c1-9-8-15-12(16-10(9)2)17-11-7-13(3,4)18-14(11,5)6/h8,11H,7H2,1-6H3,(H,15,16,17). The summed E-state index contributed by atoms with van der Waals surface area (Å²) in [5, 5.41) is 3.41. The summed E-state index contributed by atoms with van der Waals surface area (Å²) in [7, 11) is 0. The number of nitrogens with one attached hydrogen (secondary N) is 1. The van der Waals surface area contributed by atoms with Gasteiger partial charge in [0.2, 0.25) is 5.95 Å². The Morgan fingerprint density at radius 2 is 1.94 bits per heavy atom. The molecular weight excluding hydrogens is 226 g/mol. The van der Waals surface area contributed by atoms with Gasteiger partial charge < -0.3 is 10.1 Å². The Kier molecular flexibility index (Phi) is 3.09. The van der Waals surface area contributed by atoms with E-state index in [0.29, 0.717) is 5.95 Å². The van der Waals surface area contributed by atoms with E-state index in [9.17, 15) is 0 Å². The summed E-state index contributed by atoms with van der Waals surface area (Å²) in [6, 6.07) is 0.231. The molecule has 1 aliphatic rings. The average molecular weight is 249 g/mol. The molecule has 0 aromatic carbocycles. The third-order valence-electron chi connectivity index (χ3n) is 3.60. The van der Waals surface area contributed by atoms with Gasteiger partial charge in [-0.25, -0.2) is 9.97 Å². The van der Waals surface area contributed by atoms with E-state index in [0.717, 1.165) is 17.7 Å². The van der Waals surface area contributed by atoms with Gasteiger partial charge in [0.05, 0.1) is 17.2 Å². The van der Waals surface area contributed by atoms with Crippen molar-refractivity contribution in [2.24, 2.45) is 0 Å². The lowest BCUT2D eigenvalue weighted by atomic mass is 9.95. The van der Waals surface area contributed by atoms with Gasteiger partial charge in [-0.15, -0.1) is 0 Å². The molecule has 18 heavy (non-hydrogen) atoms. The van der Waals surface area contributed by atoms with Crippen molar-refractivity contribution in [3.05, 3.63) is 17.5 Å². The molecule has 0 saturated carbocycles. The maximum Gasteiger partial charge on any atom is 0.223 e. The van der Waals surface area contributed by atoms with Crippen LogP contribution in [0, 0.1) is 13.8 Å². The third kappa shape index (κ3) is 2.64. The first-order valence-corrected chi connectivity index (χ1v) is 6.47. The average Bonchev–Trinajstić information content (AvgIpc) is 2.40. The van der Waals surface area contributed by atoms with Gasteiger partial charge in [-0.2, -0.15) is 0 Å². The van der Waals surface area contributed by atoms with Crippen LogP contribution in [0.1, 0.15) is 45.4 Å². The molecule has 1 N–H and O–H groups in total. The van der Waals surface area contributed by atoms with Crippen LogP contribution in [0.5, 0.6) is 0 Å². The number of rotatable bonds is 2. The van der Waals surface area contributed by atoms with Gasteiger partial charge in [-0.1, -0.05) is 0 Å². The van der Waals surface area contributed by atoms with Crippen LogP contribution in [0.3, 0.4) is 0 Å².